The molecular formula is C17H22N2O. The molecule has 1 heterocycles. The van der Waals surface area contributed by atoms with E-state index in [1.54, 1.807) is 12.1 Å². The summed E-state index contributed by atoms with van der Waals surface area (Å²) in [6.07, 6.45) is 3.69. The molecule has 0 saturated heterocycles. The van der Waals surface area contributed by atoms with Gasteiger partial charge in [-0.15, -0.1) is 0 Å². The van der Waals surface area contributed by atoms with Crippen molar-refractivity contribution in [2.45, 2.75) is 33.4 Å². The van der Waals surface area contributed by atoms with Crippen molar-refractivity contribution in [1.82, 2.24) is 9.88 Å². The molecule has 1 aromatic carbocycles. The molecule has 0 radical (unpaired) electrons. The molecule has 0 amide bonds. The van der Waals surface area contributed by atoms with E-state index in [1.807, 2.05) is 12.4 Å². The molecule has 0 spiro atoms. The Balaban J connectivity index is 2.28. The van der Waals surface area contributed by atoms with Gasteiger partial charge in [-0.2, -0.15) is 0 Å². The largest absolute Gasteiger partial charge is 0.352 e. The first-order valence-electron chi connectivity index (χ1n) is 7.07. The number of nitrogens with one attached hydrogen (secondary N) is 1. The van der Waals surface area contributed by atoms with Gasteiger partial charge in [-0.1, -0.05) is 30.7 Å². The van der Waals surface area contributed by atoms with Crippen molar-refractivity contribution < 1.29 is 0 Å². The summed E-state index contributed by atoms with van der Waals surface area (Å²) in [6.45, 7) is 8.11. The molecule has 0 aliphatic rings. The van der Waals surface area contributed by atoms with E-state index in [1.165, 1.54) is 16.7 Å². The van der Waals surface area contributed by atoms with Gasteiger partial charge in [0, 0.05) is 31.1 Å². The van der Waals surface area contributed by atoms with Crippen LogP contribution in [0.1, 0.15) is 29.7 Å². The van der Waals surface area contributed by atoms with Gasteiger partial charge in [0.15, 0.2) is 5.43 Å². The lowest BCUT2D eigenvalue weighted by Gasteiger charge is -2.22. The number of pyridine rings is 1. The zero-order chi connectivity index (χ0) is 14.5. The van der Waals surface area contributed by atoms with E-state index >= 15 is 0 Å². The maximum absolute atomic E-state index is 11.2. The Morgan fingerprint density at radius 2 is 1.85 bits per heavy atom. The first-order valence-corrected chi connectivity index (χ1v) is 7.07. The summed E-state index contributed by atoms with van der Waals surface area (Å²) in [6, 6.07) is 10.0. The highest BCUT2D eigenvalue weighted by molar-refractivity contribution is 5.33. The second-order valence-electron chi connectivity index (χ2n) is 5.20. The lowest BCUT2D eigenvalue weighted by molar-refractivity contribution is 0.471. The highest BCUT2D eigenvalue weighted by Crippen LogP contribution is 2.20. The summed E-state index contributed by atoms with van der Waals surface area (Å²) in [4.78, 5) is 11.2. The molecule has 0 aliphatic heterocycles. The Bertz CT molecular complexity index is 611. The molecule has 1 N–H and O–H groups in total. The fourth-order valence-electron chi connectivity index (χ4n) is 2.43. The molecule has 0 bridgehead atoms. The Morgan fingerprint density at radius 1 is 1.15 bits per heavy atom. The number of hydrogen-bond donors (Lipinski definition) is 1. The maximum Gasteiger partial charge on any atom is 0.181 e. The number of nitrogens with zero attached hydrogens (tertiary/aromatic N) is 1. The van der Waals surface area contributed by atoms with Crippen molar-refractivity contribution in [2.24, 2.45) is 0 Å². The van der Waals surface area contributed by atoms with Crippen LogP contribution in [-0.2, 0) is 6.54 Å². The molecule has 1 atom stereocenters. The molecule has 20 heavy (non-hydrogen) atoms. The van der Waals surface area contributed by atoms with Crippen LogP contribution >= 0.6 is 0 Å². The normalized spacial score (nSPS) is 12.3. The van der Waals surface area contributed by atoms with Crippen molar-refractivity contribution in [2.75, 3.05) is 6.54 Å². The third-order valence-electron chi connectivity index (χ3n) is 3.51. The number of benzene rings is 1. The summed E-state index contributed by atoms with van der Waals surface area (Å²) in [5.41, 5.74) is 3.94. The number of rotatable bonds is 5. The highest BCUT2D eigenvalue weighted by Gasteiger charge is 2.13. The zero-order valence-corrected chi connectivity index (χ0v) is 12.4. The molecule has 2 rings (SSSR count). The lowest BCUT2D eigenvalue weighted by Crippen LogP contribution is -2.26. The van der Waals surface area contributed by atoms with Gasteiger partial charge in [0.2, 0.25) is 0 Å². The molecule has 3 heteroatoms. The third kappa shape index (κ3) is 3.58. The molecule has 2 aromatic rings. The second kappa shape index (κ2) is 6.53. The van der Waals surface area contributed by atoms with E-state index in [2.05, 4.69) is 48.9 Å². The predicted octanol–water partition coefficient (Wildman–Crippen LogP) is 2.82. The van der Waals surface area contributed by atoms with Gasteiger partial charge < -0.3 is 9.88 Å². The third-order valence-corrected chi connectivity index (χ3v) is 3.51. The van der Waals surface area contributed by atoms with Crippen LogP contribution in [0.4, 0.5) is 0 Å². The number of likely N-dealkylation sites (N-methyl/N-ethyl adjacent to an activating group) is 1. The van der Waals surface area contributed by atoms with E-state index in [9.17, 15) is 4.79 Å². The quantitative estimate of drug-likeness (QED) is 0.906. The van der Waals surface area contributed by atoms with Crippen LogP contribution in [0.3, 0.4) is 0 Å². The Kier molecular flexibility index (Phi) is 4.74. The summed E-state index contributed by atoms with van der Waals surface area (Å²) >= 11 is 0. The Morgan fingerprint density at radius 3 is 2.50 bits per heavy atom. The van der Waals surface area contributed by atoms with Crippen molar-refractivity contribution in [3.05, 3.63) is 69.6 Å². The smallest absolute Gasteiger partial charge is 0.181 e. The molecular weight excluding hydrogens is 248 g/mol. The molecule has 0 aliphatic carbocycles. The van der Waals surface area contributed by atoms with Gasteiger partial charge in [0.1, 0.15) is 0 Å². The molecule has 0 saturated carbocycles. The molecule has 1 aromatic heterocycles. The number of aromatic nitrogens is 1. The van der Waals surface area contributed by atoms with Gasteiger partial charge in [-0.05, 0) is 31.5 Å². The van der Waals surface area contributed by atoms with Crippen molar-refractivity contribution in [3.8, 4) is 0 Å². The minimum absolute atomic E-state index is 0.0491. The van der Waals surface area contributed by atoms with Crippen LogP contribution in [0.2, 0.25) is 0 Å². The maximum atomic E-state index is 11.2. The van der Waals surface area contributed by atoms with Gasteiger partial charge in [0.05, 0.1) is 6.04 Å². The molecule has 0 fully saturated rings. The average Bonchev–Trinajstić information content (AvgIpc) is 2.43. The summed E-state index contributed by atoms with van der Waals surface area (Å²) in [5, 5.41) is 3.53. The molecule has 1 unspecified atom stereocenters. The van der Waals surface area contributed by atoms with Crippen molar-refractivity contribution in [1.29, 1.82) is 0 Å². The Labute approximate surface area is 120 Å². The average molecular weight is 270 g/mol. The van der Waals surface area contributed by atoms with E-state index in [-0.39, 0.29) is 11.5 Å². The zero-order valence-electron chi connectivity index (χ0n) is 12.4. The van der Waals surface area contributed by atoms with Crippen molar-refractivity contribution >= 4 is 0 Å². The van der Waals surface area contributed by atoms with Crippen LogP contribution in [0.25, 0.3) is 0 Å². The van der Waals surface area contributed by atoms with Crippen LogP contribution < -0.4 is 10.7 Å². The standard InChI is InChI=1S/C17H22N2O/c1-4-18-17(12-19-9-7-15(20)8-10-19)16-11-13(2)5-6-14(16)3/h5-11,17-18H,4,12H2,1-3H3. The van der Waals surface area contributed by atoms with Crippen LogP contribution in [-0.4, -0.2) is 11.1 Å². The number of aryl methyl sites for hydroxylation is 2. The van der Waals surface area contributed by atoms with Gasteiger partial charge >= 0.3 is 0 Å². The highest BCUT2D eigenvalue weighted by atomic mass is 16.1. The number of hydrogen-bond acceptors (Lipinski definition) is 2. The SMILES string of the molecule is CCNC(Cn1ccc(=O)cc1)c1cc(C)ccc1C. The summed E-state index contributed by atoms with van der Waals surface area (Å²) < 4.78 is 2.05. The minimum atomic E-state index is 0.0491. The first kappa shape index (κ1) is 14.5. The monoisotopic (exact) mass is 270 g/mol. The van der Waals surface area contributed by atoms with Crippen LogP contribution in [0, 0.1) is 13.8 Å². The minimum Gasteiger partial charge on any atom is -0.352 e. The van der Waals surface area contributed by atoms with E-state index in [0.29, 0.717) is 0 Å². The molecule has 106 valence electrons. The predicted molar refractivity (Wildman–Crippen MR) is 83.0 cm³/mol. The van der Waals surface area contributed by atoms with Crippen LogP contribution in [0.15, 0.2) is 47.5 Å². The van der Waals surface area contributed by atoms with Crippen molar-refractivity contribution in [3.63, 3.8) is 0 Å². The summed E-state index contributed by atoms with van der Waals surface area (Å²) in [7, 11) is 0. The van der Waals surface area contributed by atoms with Gasteiger partial charge in [-0.3, -0.25) is 4.79 Å². The van der Waals surface area contributed by atoms with Crippen LogP contribution in [0.5, 0.6) is 0 Å². The Hall–Kier alpha value is -1.87. The first-order chi connectivity index (χ1) is 9.60. The second-order valence-corrected chi connectivity index (χ2v) is 5.20. The van der Waals surface area contributed by atoms with Gasteiger partial charge in [0.25, 0.3) is 0 Å². The van der Waals surface area contributed by atoms with E-state index < -0.39 is 0 Å². The fourth-order valence-corrected chi connectivity index (χ4v) is 2.43. The van der Waals surface area contributed by atoms with Gasteiger partial charge in [-0.25, -0.2) is 0 Å². The lowest BCUT2D eigenvalue weighted by atomic mass is 9.98. The molecule has 3 nitrogen and oxygen atoms in total. The summed E-state index contributed by atoms with van der Waals surface area (Å²) in [5.74, 6) is 0. The topological polar surface area (TPSA) is 34.0 Å². The fraction of sp³-hybridized carbons (Fsp3) is 0.353. The van der Waals surface area contributed by atoms with E-state index in [4.69, 9.17) is 0 Å². The van der Waals surface area contributed by atoms with E-state index in [0.717, 1.165) is 13.1 Å².